The fourth-order valence-electron chi connectivity index (χ4n) is 4.89. The van der Waals surface area contributed by atoms with Crippen LogP contribution < -0.4 is 0 Å². The Hall–Kier alpha value is -2.44. The highest BCUT2D eigenvalue weighted by Crippen LogP contribution is 2.34. The molecule has 0 radical (unpaired) electrons. The van der Waals surface area contributed by atoms with Gasteiger partial charge in [-0.1, -0.05) is 30.3 Å². The highest BCUT2D eigenvalue weighted by Gasteiger charge is 2.36. The van der Waals surface area contributed by atoms with Gasteiger partial charge in [0.25, 0.3) is 0 Å². The first-order valence-electron chi connectivity index (χ1n) is 10.8. The molecule has 0 saturated carbocycles. The fourth-order valence-corrected chi connectivity index (χ4v) is 5.49. The maximum Gasteiger partial charge on any atom is 0.226 e. The highest BCUT2D eigenvalue weighted by molar-refractivity contribution is 7.09. The molecule has 2 aliphatic rings. The summed E-state index contributed by atoms with van der Waals surface area (Å²) in [5, 5.41) is 3.27. The molecule has 1 saturated heterocycles. The van der Waals surface area contributed by atoms with Crippen LogP contribution in [0.2, 0.25) is 0 Å². The average Bonchev–Trinajstić information content (AvgIpc) is 3.42. The first-order chi connectivity index (χ1) is 14.7. The Morgan fingerprint density at radius 1 is 1.07 bits per heavy atom. The number of piperidine rings is 1. The third kappa shape index (κ3) is 3.82. The normalized spacial score (nSPS) is 20.3. The van der Waals surface area contributed by atoms with E-state index in [-0.39, 0.29) is 12.0 Å². The van der Waals surface area contributed by atoms with E-state index < -0.39 is 0 Å². The number of aromatic nitrogens is 2. The second-order valence-electron chi connectivity index (χ2n) is 8.38. The summed E-state index contributed by atoms with van der Waals surface area (Å²) in [6.45, 7) is 6.53. The van der Waals surface area contributed by atoms with Crippen molar-refractivity contribution in [1.82, 2.24) is 19.4 Å². The molecule has 4 heterocycles. The Morgan fingerprint density at radius 3 is 2.60 bits per heavy atom. The smallest absolute Gasteiger partial charge is 0.226 e. The van der Waals surface area contributed by atoms with Gasteiger partial charge in [0.1, 0.15) is 0 Å². The molecule has 0 bridgehead atoms. The summed E-state index contributed by atoms with van der Waals surface area (Å²) in [5.74, 6) is 0.437. The van der Waals surface area contributed by atoms with Crippen molar-refractivity contribution >= 4 is 17.2 Å². The molecule has 30 heavy (non-hydrogen) atoms. The molecule has 1 fully saturated rings. The number of benzene rings is 1. The number of thiazole rings is 1. The van der Waals surface area contributed by atoms with E-state index in [0.29, 0.717) is 5.91 Å². The molecule has 1 atom stereocenters. The number of aryl methyl sites for hydroxylation is 1. The molecule has 156 valence electrons. The molecule has 5 nitrogen and oxygen atoms in total. The Morgan fingerprint density at radius 2 is 1.87 bits per heavy atom. The molecule has 1 unspecified atom stereocenters. The van der Waals surface area contributed by atoms with Gasteiger partial charge in [0, 0.05) is 42.8 Å². The van der Waals surface area contributed by atoms with Crippen LogP contribution in [-0.4, -0.2) is 44.9 Å². The summed E-state index contributed by atoms with van der Waals surface area (Å²) in [6.07, 6.45) is 3.99. The first kappa shape index (κ1) is 19.5. The van der Waals surface area contributed by atoms with Crippen LogP contribution >= 0.6 is 11.3 Å². The van der Waals surface area contributed by atoms with Gasteiger partial charge >= 0.3 is 0 Å². The fraction of sp³-hybridized carbons (Fsp3) is 0.417. The number of likely N-dealkylation sites (tertiary alicyclic amines) is 1. The Labute approximate surface area is 182 Å². The minimum atomic E-state index is 0.0125. The van der Waals surface area contributed by atoms with Crippen LogP contribution in [0.25, 0.3) is 0 Å². The summed E-state index contributed by atoms with van der Waals surface area (Å²) >= 11 is 1.71. The van der Waals surface area contributed by atoms with Crippen molar-refractivity contribution in [3.8, 4) is 0 Å². The van der Waals surface area contributed by atoms with Crippen LogP contribution in [0, 0.1) is 12.8 Å². The molecule has 5 rings (SSSR count). The van der Waals surface area contributed by atoms with Gasteiger partial charge in [-0.3, -0.25) is 9.69 Å². The van der Waals surface area contributed by atoms with Gasteiger partial charge < -0.3 is 9.47 Å². The van der Waals surface area contributed by atoms with E-state index in [9.17, 15) is 4.79 Å². The SMILES string of the molecule is Cc1nc(CN2CCC(C(=O)N3CCn4cccc4C3c3ccccc3)CC2)cs1. The van der Waals surface area contributed by atoms with Gasteiger partial charge in [-0.05, 0) is 50.6 Å². The van der Waals surface area contributed by atoms with Crippen LogP contribution in [0.4, 0.5) is 0 Å². The lowest BCUT2D eigenvalue weighted by molar-refractivity contribution is -0.140. The quantitative estimate of drug-likeness (QED) is 0.638. The van der Waals surface area contributed by atoms with Gasteiger partial charge in [-0.15, -0.1) is 11.3 Å². The van der Waals surface area contributed by atoms with Crippen molar-refractivity contribution in [2.75, 3.05) is 19.6 Å². The zero-order chi connectivity index (χ0) is 20.5. The summed E-state index contributed by atoms with van der Waals surface area (Å²) in [6, 6.07) is 14.7. The molecule has 0 N–H and O–H groups in total. The lowest BCUT2D eigenvalue weighted by Crippen LogP contribution is -2.47. The topological polar surface area (TPSA) is 41.4 Å². The van der Waals surface area contributed by atoms with Crippen LogP contribution in [0.3, 0.4) is 0 Å². The maximum atomic E-state index is 13.6. The third-order valence-corrected chi connectivity index (χ3v) is 7.25. The summed E-state index contributed by atoms with van der Waals surface area (Å²) < 4.78 is 2.29. The lowest BCUT2D eigenvalue weighted by Gasteiger charge is -2.41. The summed E-state index contributed by atoms with van der Waals surface area (Å²) in [4.78, 5) is 22.8. The van der Waals surface area contributed by atoms with E-state index in [2.05, 4.69) is 74.2 Å². The predicted molar refractivity (Wildman–Crippen MR) is 119 cm³/mol. The number of rotatable bonds is 4. The molecular formula is C24H28N4OS. The monoisotopic (exact) mass is 420 g/mol. The van der Waals surface area contributed by atoms with E-state index in [1.165, 1.54) is 11.3 Å². The van der Waals surface area contributed by atoms with Gasteiger partial charge in [0.05, 0.1) is 16.7 Å². The predicted octanol–water partition coefficient (Wildman–Crippen LogP) is 4.10. The Kier molecular flexibility index (Phi) is 5.44. The van der Waals surface area contributed by atoms with Crippen LogP contribution in [-0.2, 0) is 17.9 Å². The summed E-state index contributed by atoms with van der Waals surface area (Å²) in [7, 11) is 0. The minimum absolute atomic E-state index is 0.0125. The molecule has 1 amide bonds. The molecule has 0 spiro atoms. The van der Waals surface area contributed by atoms with Crippen molar-refractivity contribution in [3.05, 3.63) is 76.0 Å². The first-order valence-corrected chi connectivity index (χ1v) is 11.7. The van der Waals surface area contributed by atoms with Crippen molar-refractivity contribution < 1.29 is 4.79 Å². The molecule has 6 heteroatoms. The second-order valence-corrected chi connectivity index (χ2v) is 9.44. The Balaban J connectivity index is 1.29. The van der Waals surface area contributed by atoms with E-state index in [1.807, 2.05) is 6.07 Å². The van der Waals surface area contributed by atoms with Crippen LogP contribution in [0.1, 0.15) is 40.8 Å². The molecule has 2 aromatic heterocycles. The van der Waals surface area contributed by atoms with E-state index in [1.54, 1.807) is 11.3 Å². The highest BCUT2D eigenvalue weighted by atomic mass is 32.1. The van der Waals surface area contributed by atoms with Crippen molar-refractivity contribution in [3.63, 3.8) is 0 Å². The zero-order valence-electron chi connectivity index (χ0n) is 17.4. The molecule has 1 aromatic carbocycles. The van der Waals surface area contributed by atoms with Gasteiger partial charge in [-0.25, -0.2) is 4.98 Å². The van der Waals surface area contributed by atoms with Crippen LogP contribution in [0.5, 0.6) is 0 Å². The largest absolute Gasteiger partial charge is 0.348 e. The molecule has 2 aliphatic heterocycles. The Bertz CT molecular complexity index is 1000. The summed E-state index contributed by atoms with van der Waals surface area (Å²) in [5.41, 5.74) is 3.57. The third-order valence-electron chi connectivity index (χ3n) is 6.43. The number of nitrogens with zero attached hydrogens (tertiary/aromatic N) is 4. The number of carbonyl (C=O) groups excluding carboxylic acids is 1. The van der Waals surface area contributed by atoms with Crippen molar-refractivity contribution in [2.45, 2.75) is 38.9 Å². The second kappa shape index (κ2) is 8.36. The van der Waals surface area contributed by atoms with E-state index >= 15 is 0 Å². The van der Waals surface area contributed by atoms with Gasteiger partial charge in [0.15, 0.2) is 0 Å². The zero-order valence-corrected chi connectivity index (χ0v) is 18.2. The molecular weight excluding hydrogens is 392 g/mol. The van der Waals surface area contributed by atoms with Crippen LogP contribution in [0.15, 0.2) is 54.0 Å². The number of hydrogen-bond acceptors (Lipinski definition) is 4. The number of hydrogen-bond donors (Lipinski definition) is 0. The molecule has 3 aromatic rings. The van der Waals surface area contributed by atoms with E-state index in [0.717, 1.165) is 56.3 Å². The molecule has 0 aliphatic carbocycles. The average molecular weight is 421 g/mol. The van der Waals surface area contributed by atoms with Crippen molar-refractivity contribution in [1.29, 1.82) is 0 Å². The number of fused-ring (bicyclic) bond motifs is 1. The standard InChI is InChI=1S/C24H28N4OS/c1-18-25-21(17-30-18)16-26-12-9-20(10-13-26)24(29)28-15-14-27-11-5-8-22(27)23(28)19-6-3-2-4-7-19/h2-8,11,17,20,23H,9-10,12-16H2,1H3. The lowest BCUT2D eigenvalue weighted by atomic mass is 9.92. The van der Waals surface area contributed by atoms with Gasteiger partial charge in [-0.2, -0.15) is 0 Å². The van der Waals surface area contributed by atoms with Crippen molar-refractivity contribution in [2.24, 2.45) is 5.92 Å². The maximum absolute atomic E-state index is 13.6. The number of amides is 1. The minimum Gasteiger partial charge on any atom is -0.348 e. The van der Waals surface area contributed by atoms with Gasteiger partial charge in [0.2, 0.25) is 5.91 Å². The van der Waals surface area contributed by atoms with E-state index in [4.69, 9.17) is 0 Å². The number of carbonyl (C=O) groups is 1.